The number of benzene rings is 1. The van der Waals surface area contributed by atoms with Crippen molar-refractivity contribution < 1.29 is 22.7 Å². The van der Waals surface area contributed by atoms with E-state index in [0.29, 0.717) is 49.8 Å². The molecule has 2 aromatic rings. The zero-order chi connectivity index (χ0) is 21.0. The number of hydrogen-bond donors (Lipinski definition) is 1. The number of piperidine rings is 1. The fourth-order valence-electron chi connectivity index (χ4n) is 3.26. The molecule has 1 aliphatic heterocycles. The Labute approximate surface area is 171 Å². The molecular weight excluding hydrogens is 407 g/mol. The van der Waals surface area contributed by atoms with Gasteiger partial charge < -0.3 is 15.0 Å². The summed E-state index contributed by atoms with van der Waals surface area (Å²) in [6.07, 6.45) is -2.62. The molecule has 1 fully saturated rings. The van der Waals surface area contributed by atoms with Gasteiger partial charge in [0.25, 0.3) is 0 Å². The number of rotatable bonds is 5. The van der Waals surface area contributed by atoms with Gasteiger partial charge in [0.15, 0.2) is 0 Å². The van der Waals surface area contributed by atoms with E-state index in [1.165, 1.54) is 0 Å². The van der Waals surface area contributed by atoms with Gasteiger partial charge in [-0.2, -0.15) is 13.2 Å². The standard InChI is InChI=1S/C20H21ClF3N3O2/c1-2-29-17-6-4-3-5-16(17)26-19(28)13-7-9-27(10-8-13)18-15(21)11-14(12-25-18)20(22,23)24/h3-6,11-13H,2,7-10H2,1H3,(H,26,28). The Morgan fingerprint density at radius 3 is 2.62 bits per heavy atom. The number of alkyl halides is 3. The number of halogens is 4. The first-order chi connectivity index (χ1) is 13.8. The van der Waals surface area contributed by atoms with Crippen LogP contribution in [0.4, 0.5) is 24.7 Å². The predicted octanol–water partition coefficient (Wildman–Crippen LogP) is 5.01. The van der Waals surface area contributed by atoms with E-state index in [4.69, 9.17) is 16.3 Å². The molecule has 5 nitrogen and oxygen atoms in total. The van der Waals surface area contributed by atoms with Crippen LogP contribution >= 0.6 is 11.6 Å². The lowest BCUT2D eigenvalue weighted by atomic mass is 9.95. The Morgan fingerprint density at radius 2 is 2.00 bits per heavy atom. The lowest BCUT2D eigenvalue weighted by molar-refractivity contribution is -0.137. The van der Waals surface area contributed by atoms with Crippen LogP contribution < -0.4 is 15.0 Å². The minimum atomic E-state index is -4.49. The Morgan fingerprint density at radius 1 is 1.31 bits per heavy atom. The molecule has 1 aromatic heterocycles. The van der Waals surface area contributed by atoms with Crippen LogP contribution in [0.25, 0.3) is 0 Å². The molecule has 2 heterocycles. The Balaban J connectivity index is 1.61. The molecule has 0 saturated carbocycles. The maximum absolute atomic E-state index is 12.8. The van der Waals surface area contributed by atoms with E-state index in [1.807, 2.05) is 19.1 Å². The van der Waals surface area contributed by atoms with E-state index < -0.39 is 11.7 Å². The summed E-state index contributed by atoms with van der Waals surface area (Å²) in [6, 6.07) is 8.11. The van der Waals surface area contributed by atoms with Crippen molar-refractivity contribution >= 4 is 29.0 Å². The second-order valence-corrected chi connectivity index (χ2v) is 7.11. The number of para-hydroxylation sites is 2. The molecule has 1 saturated heterocycles. The number of anilines is 2. The van der Waals surface area contributed by atoms with E-state index in [-0.39, 0.29) is 16.8 Å². The number of carbonyl (C=O) groups excluding carboxylic acids is 1. The van der Waals surface area contributed by atoms with Crippen LogP contribution in [0, 0.1) is 5.92 Å². The normalized spacial score (nSPS) is 15.3. The van der Waals surface area contributed by atoms with Gasteiger partial charge in [0.1, 0.15) is 11.6 Å². The average molecular weight is 428 g/mol. The first kappa shape index (κ1) is 21.2. The molecule has 29 heavy (non-hydrogen) atoms. The maximum Gasteiger partial charge on any atom is 0.417 e. The molecule has 3 rings (SSSR count). The minimum absolute atomic E-state index is 0.0478. The van der Waals surface area contributed by atoms with Crippen molar-refractivity contribution in [3.8, 4) is 5.75 Å². The Bertz CT molecular complexity index is 868. The minimum Gasteiger partial charge on any atom is -0.492 e. The van der Waals surface area contributed by atoms with Gasteiger partial charge in [0.2, 0.25) is 5.91 Å². The fraction of sp³-hybridized carbons (Fsp3) is 0.400. The van der Waals surface area contributed by atoms with E-state index >= 15 is 0 Å². The van der Waals surface area contributed by atoms with Crippen LogP contribution in [0.2, 0.25) is 5.02 Å². The third kappa shape index (κ3) is 5.12. The smallest absolute Gasteiger partial charge is 0.417 e. The van der Waals surface area contributed by atoms with Gasteiger partial charge in [-0.15, -0.1) is 0 Å². The van der Waals surface area contributed by atoms with Gasteiger partial charge in [-0.3, -0.25) is 4.79 Å². The SMILES string of the molecule is CCOc1ccccc1NC(=O)C1CCN(c2ncc(C(F)(F)F)cc2Cl)CC1. The molecule has 0 radical (unpaired) electrons. The summed E-state index contributed by atoms with van der Waals surface area (Å²) in [5.41, 5.74) is -0.261. The van der Waals surface area contributed by atoms with E-state index in [1.54, 1.807) is 17.0 Å². The number of nitrogens with one attached hydrogen (secondary N) is 1. The number of carbonyl (C=O) groups is 1. The zero-order valence-electron chi connectivity index (χ0n) is 15.8. The highest BCUT2D eigenvalue weighted by atomic mass is 35.5. The molecule has 9 heteroatoms. The second-order valence-electron chi connectivity index (χ2n) is 6.71. The third-order valence-electron chi connectivity index (χ3n) is 4.76. The highest BCUT2D eigenvalue weighted by molar-refractivity contribution is 6.33. The number of hydrogen-bond acceptors (Lipinski definition) is 4. The van der Waals surface area contributed by atoms with Gasteiger partial charge >= 0.3 is 6.18 Å². The summed E-state index contributed by atoms with van der Waals surface area (Å²) < 4.78 is 43.8. The molecule has 156 valence electrons. The first-order valence-corrected chi connectivity index (χ1v) is 9.67. The topological polar surface area (TPSA) is 54.5 Å². The molecule has 1 aliphatic rings. The third-order valence-corrected chi connectivity index (χ3v) is 5.04. The number of nitrogens with zero attached hydrogens (tertiary/aromatic N) is 2. The first-order valence-electron chi connectivity index (χ1n) is 9.30. The van der Waals surface area contributed by atoms with Gasteiger partial charge in [-0.05, 0) is 38.0 Å². The largest absolute Gasteiger partial charge is 0.492 e. The zero-order valence-corrected chi connectivity index (χ0v) is 16.6. The molecule has 0 atom stereocenters. The summed E-state index contributed by atoms with van der Waals surface area (Å²) in [5.74, 6) is 0.596. The molecule has 1 N–H and O–H groups in total. The van der Waals surface area contributed by atoms with Gasteiger partial charge in [-0.25, -0.2) is 4.98 Å². The maximum atomic E-state index is 12.8. The summed E-state index contributed by atoms with van der Waals surface area (Å²) in [6.45, 7) is 3.31. The van der Waals surface area contributed by atoms with Crippen LogP contribution in [-0.4, -0.2) is 30.6 Å². The van der Waals surface area contributed by atoms with Crippen LogP contribution in [0.3, 0.4) is 0 Å². The monoisotopic (exact) mass is 427 g/mol. The summed E-state index contributed by atoms with van der Waals surface area (Å²) in [7, 11) is 0. The van der Waals surface area contributed by atoms with Crippen LogP contribution in [-0.2, 0) is 11.0 Å². The van der Waals surface area contributed by atoms with Crippen molar-refractivity contribution in [1.82, 2.24) is 4.98 Å². The van der Waals surface area contributed by atoms with Gasteiger partial charge in [0.05, 0.1) is 22.9 Å². The number of aromatic nitrogens is 1. The summed E-state index contributed by atoms with van der Waals surface area (Å²) in [4.78, 5) is 18.3. The Kier molecular flexibility index (Phi) is 6.52. The highest BCUT2D eigenvalue weighted by Crippen LogP contribution is 2.35. The van der Waals surface area contributed by atoms with E-state index in [9.17, 15) is 18.0 Å². The molecule has 1 aromatic carbocycles. The van der Waals surface area contributed by atoms with Crippen molar-refractivity contribution in [3.63, 3.8) is 0 Å². The lowest BCUT2D eigenvalue weighted by Crippen LogP contribution is -2.38. The Hall–Kier alpha value is -2.48. The van der Waals surface area contributed by atoms with Crippen LogP contribution in [0.15, 0.2) is 36.5 Å². The number of pyridine rings is 1. The summed E-state index contributed by atoms with van der Waals surface area (Å²) >= 11 is 6.02. The van der Waals surface area contributed by atoms with Crippen molar-refractivity contribution in [3.05, 3.63) is 47.1 Å². The van der Waals surface area contributed by atoms with E-state index in [2.05, 4.69) is 10.3 Å². The molecule has 0 aliphatic carbocycles. The fourth-order valence-corrected chi connectivity index (χ4v) is 3.54. The highest BCUT2D eigenvalue weighted by Gasteiger charge is 2.33. The van der Waals surface area contributed by atoms with Crippen LogP contribution in [0.5, 0.6) is 5.75 Å². The van der Waals surface area contributed by atoms with Crippen molar-refractivity contribution in [1.29, 1.82) is 0 Å². The van der Waals surface area contributed by atoms with Crippen molar-refractivity contribution in [2.24, 2.45) is 5.92 Å². The van der Waals surface area contributed by atoms with Gasteiger partial charge in [-0.1, -0.05) is 23.7 Å². The average Bonchev–Trinajstić information content (AvgIpc) is 2.69. The predicted molar refractivity (Wildman–Crippen MR) is 105 cm³/mol. The number of amides is 1. The molecule has 0 spiro atoms. The summed E-state index contributed by atoms with van der Waals surface area (Å²) in [5, 5.41) is 2.86. The van der Waals surface area contributed by atoms with Crippen molar-refractivity contribution in [2.45, 2.75) is 25.9 Å². The van der Waals surface area contributed by atoms with Gasteiger partial charge in [0, 0.05) is 25.2 Å². The van der Waals surface area contributed by atoms with E-state index in [0.717, 1.165) is 12.3 Å². The second kappa shape index (κ2) is 8.90. The van der Waals surface area contributed by atoms with Crippen molar-refractivity contribution in [2.75, 3.05) is 29.9 Å². The molecule has 1 amide bonds. The number of ether oxygens (including phenoxy) is 1. The quantitative estimate of drug-likeness (QED) is 0.729. The molecule has 0 bridgehead atoms. The molecular formula is C20H21ClF3N3O2. The lowest BCUT2D eigenvalue weighted by Gasteiger charge is -2.32. The van der Waals surface area contributed by atoms with Crippen LogP contribution in [0.1, 0.15) is 25.3 Å². The molecule has 0 unspecified atom stereocenters.